The number of nitro benzene ring substituents is 1. The number of hydrogen-bond donors (Lipinski definition) is 1. The molecule has 1 saturated heterocycles. The second kappa shape index (κ2) is 9.38. The number of nitro groups is 1. The number of halogens is 1. The van der Waals surface area contributed by atoms with Crippen LogP contribution in [-0.4, -0.2) is 41.3 Å². The highest BCUT2D eigenvalue weighted by Crippen LogP contribution is 2.28. The van der Waals surface area contributed by atoms with E-state index >= 15 is 0 Å². The first kappa shape index (κ1) is 20.6. The van der Waals surface area contributed by atoms with Crippen molar-refractivity contribution in [3.05, 3.63) is 68.7 Å². The Labute approximate surface area is 172 Å². The summed E-state index contributed by atoms with van der Waals surface area (Å²) in [6.07, 6.45) is 2.09. The largest absolute Gasteiger partial charge is 0.482 e. The lowest BCUT2D eigenvalue weighted by Gasteiger charge is -2.15. The number of hydrogen-bond acceptors (Lipinski definition) is 5. The molecule has 0 aliphatic carbocycles. The van der Waals surface area contributed by atoms with Gasteiger partial charge < -0.3 is 15.0 Å². The Morgan fingerprint density at radius 3 is 2.45 bits per heavy atom. The summed E-state index contributed by atoms with van der Waals surface area (Å²) in [4.78, 5) is 36.3. The molecule has 0 spiro atoms. The van der Waals surface area contributed by atoms with Crippen LogP contribution < -0.4 is 10.1 Å². The van der Waals surface area contributed by atoms with Crippen LogP contribution >= 0.6 is 11.6 Å². The van der Waals surface area contributed by atoms with Gasteiger partial charge in [-0.2, -0.15) is 0 Å². The molecule has 0 saturated carbocycles. The van der Waals surface area contributed by atoms with E-state index in [1.165, 1.54) is 18.2 Å². The number of nitrogens with one attached hydrogen (secondary N) is 1. The van der Waals surface area contributed by atoms with Gasteiger partial charge in [-0.25, -0.2) is 0 Å². The second-order valence-corrected chi connectivity index (χ2v) is 7.04. The molecule has 2 amide bonds. The van der Waals surface area contributed by atoms with Gasteiger partial charge in [-0.3, -0.25) is 19.7 Å². The molecule has 2 aromatic carbocycles. The fourth-order valence-corrected chi connectivity index (χ4v) is 3.21. The number of carbonyl (C=O) groups excluding carboxylic acids is 2. The first-order chi connectivity index (χ1) is 13.9. The highest BCUT2D eigenvalue weighted by Gasteiger charge is 2.19. The van der Waals surface area contributed by atoms with Crippen molar-refractivity contribution in [3.8, 4) is 5.75 Å². The van der Waals surface area contributed by atoms with Gasteiger partial charge in [0.15, 0.2) is 6.61 Å². The number of amides is 2. The molecule has 0 unspecified atom stereocenters. The van der Waals surface area contributed by atoms with Crippen LogP contribution in [0.1, 0.15) is 28.8 Å². The average Bonchev–Trinajstić information content (AvgIpc) is 3.26. The molecule has 0 aromatic heterocycles. The molecular weight excluding hydrogens is 398 g/mol. The maximum atomic E-state index is 12.3. The lowest BCUT2D eigenvalue weighted by atomic mass is 10.1. The molecule has 1 aliphatic rings. The molecule has 9 heteroatoms. The first-order valence-corrected chi connectivity index (χ1v) is 9.53. The normalized spacial score (nSPS) is 13.2. The van der Waals surface area contributed by atoms with Gasteiger partial charge in [0.05, 0.1) is 9.95 Å². The van der Waals surface area contributed by atoms with Crippen molar-refractivity contribution in [2.75, 3.05) is 19.7 Å². The van der Waals surface area contributed by atoms with E-state index < -0.39 is 4.92 Å². The number of benzene rings is 2. The average molecular weight is 418 g/mol. The fraction of sp³-hybridized carbons (Fsp3) is 0.300. The summed E-state index contributed by atoms with van der Waals surface area (Å²) in [5.41, 5.74) is 1.33. The van der Waals surface area contributed by atoms with Gasteiger partial charge in [0, 0.05) is 37.3 Å². The number of likely N-dealkylation sites (tertiary alicyclic amines) is 1. The summed E-state index contributed by atoms with van der Waals surface area (Å²) in [5.74, 6) is -0.139. The van der Waals surface area contributed by atoms with Crippen LogP contribution in [0, 0.1) is 10.1 Å². The molecule has 152 valence electrons. The Morgan fingerprint density at radius 2 is 1.83 bits per heavy atom. The minimum Gasteiger partial charge on any atom is -0.482 e. The summed E-state index contributed by atoms with van der Waals surface area (Å²) < 4.78 is 5.31. The minimum atomic E-state index is -0.563. The maximum absolute atomic E-state index is 12.3. The van der Waals surface area contributed by atoms with Crippen LogP contribution in [0.3, 0.4) is 0 Å². The van der Waals surface area contributed by atoms with E-state index in [-0.39, 0.29) is 41.4 Å². The Kier molecular flexibility index (Phi) is 6.66. The van der Waals surface area contributed by atoms with Gasteiger partial charge in [-0.15, -0.1) is 0 Å². The Bertz CT molecular complexity index is 911. The van der Waals surface area contributed by atoms with Gasteiger partial charge >= 0.3 is 0 Å². The van der Waals surface area contributed by atoms with E-state index in [0.29, 0.717) is 5.56 Å². The van der Waals surface area contributed by atoms with E-state index in [1.54, 1.807) is 24.3 Å². The highest BCUT2D eigenvalue weighted by atomic mass is 35.5. The smallest absolute Gasteiger partial charge is 0.271 e. The van der Waals surface area contributed by atoms with Crippen molar-refractivity contribution in [1.82, 2.24) is 10.2 Å². The van der Waals surface area contributed by atoms with Crippen LogP contribution in [0.25, 0.3) is 0 Å². The molecule has 1 aliphatic heterocycles. The molecule has 29 heavy (non-hydrogen) atoms. The standard InChI is InChI=1S/C20H20ClN3O5/c21-17-11-16(24(27)28)7-8-18(17)29-13-19(25)22-12-14-3-5-15(6-4-14)20(26)23-9-1-2-10-23/h3-8,11H,1-2,9-10,12-13H2,(H,22,25). The van der Waals surface area contributed by atoms with Gasteiger partial charge in [-0.1, -0.05) is 23.7 Å². The van der Waals surface area contributed by atoms with Crippen LogP contribution in [-0.2, 0) is 11.3 Å². The molecule has 0 atom stereocenters. The van der Waals surface area contributed by atoms with E-state index in [9.17, 15) is 19.7 Å². The molecule has 8 nitrogen and oxygen atoms in total. The third-order valence-electron chi connectivity index (χ3n) is 4.57. The quantitative estimate of drug-likeness (QED) is 0.550. The Balaban J connectivity index is 1.47. The van der Waals surface area contributed by atoms with E-state index in [1.807, 2.05) is 4.90 Å². The summed E-state index contributed by atoms with van der Waals surface area (Å²) in [5, 5.41) is 13.5. The number of rotatable bonds is 7. The molecular formula is C20H20ClN3O5. The minimum absolute atomic E-state index is 0.0338. The highest BCUT2D eigenvalue weighted by molar-refractivity contribution is 6.32. The van der Waals surface area contributed by atoms with E-state index in [4.69, 9.17) is 16.3 Å². The lowest BCUT2D eigenvalue weighted by molar-refractivity contribution is -0.384. The topological polar surface area (TPSA) is 102 Å². The van der Waals surface area contributed by atoms with Crippen molar-refractivity contribution in [2.24, 2.45) is 0 Å². The Morgan fingerprint density at radius 1 is 1.14 bits per heavy atom. The van der Waals surface area contributed by atoms with Gasteiger partial charge in [0.2, 0.25) is 0 Å². The molecule has 1 heterocycles. The predicted octanol–water partition coefficient (Wildman–Crippen LogP) is 3.18. The predicted molar refractivity (Wildman–Crippen MR) is 107 cm³/mol. The SMILES string of the molecule is O=C(COc1ccc([N+](=O)[O-])cc1Cl)NCc1ccc(C(=O)N2CCCC2)cc1. The maximum Gasteiger partial charge on any atom is 0.271 e. The second-order valence-electron chi connectivity index (χ2n) is 6.63. The molecule has 1 N–H and O–H groups in total. The number of nitrogens with zero attached hydrogens (tertiary/aromatic N) is 2. The van der Waals surface area contributed by atoms with Crippen LogP contribution in [0.2, 0.25) is 5.02 Å². The first-order valence-electron chi connectivity index (χ1n) is 9.15. The number of non-ortho nitro benzene ring substituents is 1. The van der Waals surface area contributed by atoms with Crippen LogP contribution in [0.4, 0.5) is 5.69 Å². The van der Waals surface area contributed by atoms with Crippen LogP contribution in [0.15, 0.2) is 42.5 Å². The van der Waals surface area contributed by atoms with Crippen LogP contribution in [0.5, 0.6) is 5.75 Å². The van der Waals surface area contributed by atoms with Gasteiger partial charge in [0.1, 0.15) is 5.75 Å². The molecule has 0 radical (unpaired) electrons. The monoisotopic (exact) mass is 417 g/mol. The molecule has 0 bridgehead atoms. The van der Waals surface area contributed by atoms with Crippen molar-refractivity contribution < 1.29 is 19.2 Å². The molecule has 2 aromatic rings. The fourth-order valence-electron chi connectivity index (χ4n) is 2.98. The molecule has 1 fully saturated rings. The summed E-state index contributed by atoms with van der Waals surface area (Å²) >= 11 is 5.93. The summed E-state index contributed by atoms with van der Waals surface area (Å²) in [6, 6.07) is 10.9. The number of ether oxygens (including phenoxy) is 1. The van der Waals surface area contributed by atoms with Crippen molar-refractivity contribution in [1.29, 1.82) is 0 Å². The zero-order chi connectivity index (χ0) is 20.8. The van der Waals surface area contributed by atoms with Crippen molar-refractivity contribution >= 4 is 29.1 Å². The molecule has 3 rings (SSSR count). The Hall–Kier alpha value is -3.13. The van der Waals surface area contributed by atoms with Crippen molar-refractivity contribution in [3.63, 3.8) is 0 Å². The summed E-state index contributed by atoms with van der Waals surface area (Å²) in [7, 11) is 0. The third-order valence-corrected chi connectivity index (χ3v) is 4.86. The zero-order valence-electron chi connectivity index (χ0n) is 15.6. The van der Waals surface area contributed by atoms with Gasteiger partial charge in [-0.05, 0) is 36.6 Å². The van der Waals surface area contributed by atoms with Crippen molar-refractivity contribution in [2.45, 2.75) is 19.4 Å². The van der Waals surface area contributed by atoms with E-state index in [0.717, 1.165) is 31.5 Å². The number of carbonyl (C=O) groups is 2. The lowest BCUT2D eigenvalue weighted by Crippen LogP contribution is -2.29. The van der Waals surface area contributed by atoms with Gasteiger partial charge in [0.25, 0.3) is 17.5 Å². The zero-order valence-corrected chi connectivity index (χ0v) is 16.4. The summed E-state index contributed by atoms with van der Waals surface area (Å²) in [6.45, 7) is 1.61. The third kappa shape index (κ3) is 5.45. The van der Waals surface area contributed by atoms with E-state index in [2.05, 4.69) is 5.32 Å².